The average molecular weight is 494 g/mol. The molecule has 0 fully saturated rings. The van der Waals surface area contributed by atoms with Crippen LogP contribution in [0.3, 0.4) is 0 Å². The summed E-state index contributed by atoms with van der Waals surface area (Å²) in [6.07, 6.45) is 0.574. The van der Waals surface area contributed by atoms with Gasteiger partial charge in [-0.05, 0) is 67.9 Å². The average Bonchev–Trinajstić information content (AvgIpc) is 2.78. The fourth-order valence-electron chi connectivity index (χ4n) is 3.14. The van der Waals surface area contributed by atoms with Crippen LogP contribution in [0.25, 0.3) is 0 Å². The molecular weight excluding hydrogens is 472 g/mol. The highest BCUT2D eigenvalue weighted by atomic mass is 35.5. The van der Waals surface area contributed by atoms with E-state index in [0.29, 0.717) is 17.0 Å². The monoisotopic (exact) mass is 493 g/mol. The molecule has 0 spiro atoms. The molecule has 0 heterocycles. The van der Waals surface area contributed by atoms with Gasteiger partial charge in [-0.3, -0.25) is 4.79 Å². The maximum Gasteiger partial charge on any atom is 0.339 e. The minimum atomic E-state index is -4.28. The molecule has 0 aliphatic carbocycles. The predicted molar refractivity (Wildman–Crippen MR) is 122 cm³/mol. The summed E-state index contributed by atoms with van der Waals surface area (Å²) in [5.41, 5.74) is 0.222. The minimum absolute atomic E-state index is 0.0432. The molecule has 0 aliphatic heterocycles. The first-order valence-corrected chi connectivity index (χ1v) is 11.9. The number of carbonyl (C=O) groups excluding carboxylic acids is 1. The van der Waals surface area contributed by atoms with Gasteiger partial charge in [0.1, 0.15) is 22.3 Å². The smallest absolute Gasteiger partial charge is 0.339 e. The summed E-state index contributed by atoms with van der Waals surface area (Å²) in [6, 6.07) is 13.9. The molecule has 1 atom stereocenters. The van der Waals surface area contributed by atoms with Gasteiger partial charge in [-0.25, -0.2) is 8.78 Å². The zero-order valence-corrected chi connectivity index (χ0v) is 19.5. The van der Waals surface area contributed by atoms with Crippen molar-refractivity contribution in [3.05, 3.63) is 94.5 Å². The Labute approximate surface area is 196 Å². The molecule has 1 unspecified atom stereocenters. The highest BCUT2D eigenvalue weighted by Crippen LogP contribution is 2.29. The van der Waals surface area contributed by atoms with Crippen LogP contribution < -0.4 is 4.18 Å². The first-order chi connectivity index (χ1) is 15.6. The number of amides is 1. The largest absolute Gasteiger partial charge is 0.379 e. The van der Waals surface area contributed by atoms with E-state index in [2.05, 4.69) is 0 Å². The highest BCUT2D eigenvalue weighted by molar-refractivity contribution is 7.87. The quantitative estimate of drug-likeness (QED) is 0.370. The molecule has 9 heteroatoms. The van der Waals surface area contributed by atoms with E-state index in [0.717, 1.165) is 24.3 Å². The molecule has 3 rings (SSSR count). The van der Waals surface area contributed by atoms with Crippen LogP contribution in [0.1, 0.15) is 36.2 Å². The topological polar surface area (TPSA) is 63.7 Å². The minimum Gasteiger partial charge on any atom is -0.379 e. The molecule has 0 bridgehead atoms. The maximum absolute atomic E-state index is 14.3. The van der Waals surface area contributed by atoms with E-state index in [-0.39, 0.29) is 28.8 Å². The summed E-state index contributed by atoms with van der Waals surface area (Å²) >= 11 is 6.13. The van der Waals surface area contributed by atoms with Crippen LogP contribution >= 0.6 is 11.6 Å². The van der Waals surface area contributed by atoms with Gasteiger partial charge in [0.05, 0.1) is 12.1 Å². The van der Waals surface area contributed by atoms with Crippen molar-refractivity contribution in [2.75, 3.05) is 0 Å². The lowest BCUT2D eigenvalue weighted by molar-refractivity contribution is 0.0666. The number of halogens is 3. The Morgan fingerprint density at radius 3 is 2.36 bits per heavy atom. The van der Waals surface area contributed by atoms with Crippen LogP contribution in [0.2, 0.25) is 5.02 Å². The summed E-state index contributed by atoms with van der Waals surface area (Å²) < 4.78 is 58.2. The molecule has 0 saturated heterocycles. The van der Waals surface area contributed by atoms with Crippen LogP contribution in [-0.2, 0) is 16.7 Å². The van der Waals surface area contributed by atoms with Crippen LogP contribution in [0, 0.1) is 11.6 Å². The SMILES string of the molecule is CCC(C)N(Cc1cc(Cl)ccc1OS(=O)(=O)c1ccc(F)cc1)C(=O)c1ccccc1F. The third-order valence-corrected chi connectivity index (χ3v) is 6.64. The lowest BCUT2D eigenvalue weighted by Crippen LogP contribution is -2.38. The Morgan fingerprint density at radius 1 is 1.06 bits per heavy atom. The molecule has 0 aromatic heterocycles. The molecule has 5 nitrogen and oxygen atoms in total. The van der Waals surface area contributed by atoms with Crippen molar-refractivity contribution in [1.82, 2.24) is 4.90 Å². The summed E-state index contributed by atoms with van der Waals surface area (Å²) in [6.45, 7) is 3.61. The van der Waals surface area contributed by atoms with Gasteiger partial charge < -0.3 is 9.08 Å². The predicted octanol–water partition coefficient (Wildman–Crippen LogP) is 5.83. The van der Waals surface area contributed by atoms with E-state index >= 15 is 0 Å². The van der Waals surface area contributed by atoms with Gasteiger partial charge in [0.2, 0.25) is 0 Å². The molecule has 3 aromatic rings. The molecule has 0 aliphatic rings. The van der Waals surface area contributed by atoms with Crippen molar-refractivity contribution in [2.45, 2.75) is 37.8 Å². The standard InChI is InChI=1S/C24H22ClF2NO4S/c1-3-16(2)28(24(29)21-6-4-5-7-22(21)27)15-17-14-18(25)8-13-23(17)32-33(30,31)20-11-9-19(26)10-12-20/h4-14,16H,3,15H2,1-2H3. The molecule has 0 saturated carbocycles. The third kappa shape index (κ3) is 5.89. The van der Waals surface area contributed by atoms with E-state index in [4.69, 9.17) is 15.8 Å². The van der Waals surface area contributed by atoms with Crippen molar-refractivity contribution in [1.29, 1.82) is 0 Å². The molecule has 0 radical (unpaired) electrons. The lowest BCUT2D eigenvalue weighted by atomic mass is 10.1. The number of hydrogen-bond acceptors (Lipinski definition) is 4. The molecule has 3 aromatic carbocycles. The molecule has 33 heavy (non-hydrogen) atoms. The van der Waals surface area contributed by atoms with Gasteiger partial charge in [0.25, 0.3) is 5.91 Å². The Balaban J connectivity index is 1.97. The van der Waals surface area contributed by atoms with Crippen molar-refractivity contribution < 1.29 is 26.2 Å². The van der Waals surface area contributed by atoms with E-state index in [1.807, 2.05) is 6.92 Å². The second kappa shape index (κ2) is 10.3. The number of nitrogens with zero attached hydrogens (tertiary/aromatic N) is 1. The second-order valence-electron chi connectivity index (χ2n) is 7.41. The fraction of sp³-hybridized carbons (Fsp3) is 0.208. The second-order valence-corrected chi connectivity index (χ2v) is 9.40. The first kappa shape index (κ1) is 24.7. The maximum atomic E-state index is 14.3. The summed E-state index contributed by atoms with van der Waals surface area (Å²) in [5, 5.41) is 0.305. The van der Waals surface area contributed by atoms with E-state index in [9.17, 15) is 22.0 Å². The molecular formula is C24H22ClF2NO4S. The number of hydrogen-bond donors (Lipinski definition) is 0. The normalized spacial score (nSPS) is 12.3. The van der Waals surface area contributed by atoms with Crippen molar-refractivity contribution >= 4 is 27.6 Å². The zero-order chi connectivity index (χ0) is 24.2. The van der Waals surface area contributed by atoms with Crippen molar-refractivity contribution in [3.63, 3.8) is 0 Å². The highest BCUT2D eigenvalue weighted by Gasteiger charge is 2.26. The van der Waals surface area contributed by atoms with Gasteiger partial charge in [-0.2, -0.15) is 8.42 Å². The molecule has 1 amide bonds. The summed E-state index contributed by atoms with van der Waals surface area (Å²) in [5.74, 6) is -1.83. The lowest BCUT2D eigenvalue weighted by Gasteiger charge is -2.29. The van der Waals surface area contributed by atoms with Crippen LogP contribution in [0.15, 0.2) is 71.6 Å². The third-order valence-electron chi connectivity index (χ3n) is 5.15. The Morgan fingerprint density at radius 2 is 1.73 bits per heavy atom. The van der Waals surface area contributed by atoms with Crippen molar-refractivity contribution in [3.8, 4) is 5.75 Å². The summed E-state index contributed by atoms with van der Waals surface area (Å²) in [4.78, 5) is 14.4. The van der Waals surface area contributed by atoms with Gasteiger partial charge in [0.15, 0.2) is 0 Å². The van der Waals surface area contributed by atoms with Crippen LogP contribution in [0.4, 0.5) is 8.78 Å². The zero-order valence-electron chi connectivity index (χ0n) is 18.0. The summed E-state index contributed by atoms with van der Waals surface area (Å²) in [7, 11) is -4.28. The van der Waals surface area contributed by atoms with Gasteiger partial charge in [0, 0.05) is 16.6 Å². The molecule has 0 N–H and O–H groups in total. The molecule has 174 valence electrons. The van der Waals surface area contributed by atoms with Gasteiger partial charge in [-0.15, -0.1) is 0 Å². The Bertz CT molecular complexity index is 1250. The fourth-order valence-corrected chi connectivity index (χ4v) is 4.30. The van der Waals surface area contributed by atoms with E-state index in [1.165, 1.54) is 41.3 Å². The Kier molecular flexibility index (Phi) is 7.71. The van der Waals surface area contributed by atoms with Crippen LogP contribution in [0.5, 0.6) is 5.75 Å². The Hall–Kier alpha value is -2.97. The number of rotatable bonds is 8. The van der Waals surface area contributed by atoms with Gasteiger partial charge in [-0.1, -0.05) is 30.7 Å². The number of benzene rings is 3. The van der Waals surface area contributed by atoms with Gasteiger partial charge >= 0.3 is 10.1 Å². The first-order valence-electron chi connectivity index (χ1n) is 10.2. The number of carbonyl (C=O) groups is 1. The van der Waals surface area contributed by atoms with E-state index in [1.54, 1.807) is 13.0 Å². The van der Waals surface area contributed by atoms with E-state index < -0.39 is 27.7 Å². The van der Waals surface area contributed by atoms with Crippen molar-refractivity contribution in [2.24, 2.45) is 0 Å². The van der Waals surface area contributed by atoms with Crippen LogP contribution in [-0.4, -0.2) is 25.3 Å².